The maximum absolute atomic E-state index is 14.5. The topological polar surface area (TPSA) is 72.3 Å². The Labute approximate surface area is 159 Å². The van der Waals surface area contributed by atoms with E-state index in [1.54, 1.807) is 35.8 Å². The van der Waals surface area contributed by atoms with Gasteiger partial charge in [-0.3, -0.25) is 9.78 Å². The van der Waals surface area contributed by atoms with Gasteiger partial charge in [0.25, 0.3) is 5.56 Å². The third-order valence-corrected chi connectivity index (χ3v) is 4.89. The molecule has 8 heteroatoms. The Morgan fingerprint density at radius 3 is 2.64 bits per heavy atom. The van der Waals surface area contributed by atoms with Gasteiger partial charge in [-0.1, -0.05) is 12.1 Å². The number of aromatic nitrogens is 3. The highest BCUT2D eigenvalue weighted by Crippen LogP contribution is 2.30. The van der Waals surface area contributed by atoms with Crippen molar-refractivity contribution >= 4 is 5.69 Å². The first-order valence-corrected chi connectivity index (χ1v) is 8.83. The number of benzene rings is 1. The Kier molecular flexibility index (Phi) is 4.54. The zero-order valence-corrected chi connectivity index (χ0v) is 15.4. The van der Waals surface area contributed by atoms with Crippen LogP contribution in [0.1, 0.15) is 29.4 Å². The van der Waals surface area contributed by atoms with Crippen molar-refractivity contribution in [3.8, 4) is 5.88 Å². The molecule has 2 aromatic heterocycles. The number of fused-ring (bicyclic) bond motifs is 1. The van der Waals surface area contributed by atoms with Crippen molar-refractivity contribution in [3.63, 3.8) is 0 Å². The summed E-state index contributed by atoms with van der Waals surface area (Å²) >= 11 is 0. The molecule has 0 radical (unpaired) electrons. The van der Waals surface area contributed by atoms with E-state index in [-0.39, 0.29) is 23.2 Å². The number of hydrogen-bond acceptors (Lipinski definition) is 4. The predicted octanol–water partition coefficient (Wildman–Crippen LogP) is 2.93. The maximum Gasteiger partial charge on any atom is 0.288 e. The minimum Gasteiger partial charge on any atom is -0.481 e. The molecule has 1 aliphatic heterocycles. The highest BCUT2D eigenvalue weighted by molar-refractivity contribution is 5.43. The first-order chi connectivity index (χ1) is 13.5. The molecule has 1 unspecified atom stereocenters. The molecule has 1 N–H and O–H groups in total. The van der Waals surface area contributed by atoms with Crippen molar-refractivity contribution in [1.29, 1.82) is 0 Å². The van der Waals surface area contributed by atoms with Crippen molar-refractivity contribution in [2.75, 3.05) is 7.11 Å². The van der Waals surface area contributed by atoms with Gasteiger partial charge in [0.1, 0.15) is 5.82 Å². The monoisotopic (exact) mass is 384 g/mol. The number of hydrogen-bond donors (Lipinski definition) is 1. The first kappa shape index (κ1) is 18.1. The minimum absolute atomic E-state index is 0.225. The average molecular weight is 384 g/mol. The van der Waals surface area contributed by atoms with Gasteiger partial charge in [-0.2, -0.15) is 4.39 Å². The van der Waals surface area contributed by atoms with E-state index in [0.717, 1.165) is 5.56 Å². The third-order valence-electron chi connectivity index (χ3n) is 4.89. The molecule has 0 spiro atoms. The van der Waals surface area contributed by atoms with Crippen LogP contribution in [0.25, 0.3) is 0 Å². The van der Waals surface area contributed by atoms with Crippen LogP contribution in [0.4, 0.5) is 14.5 Å². The fourth-order valence-electron chi connectivity index (χ4n) is 3.51. The molecule has 1 atom stereocenters. The first-order valence-electron chi connectivity index (χ1n) is 8.83. The van der Waals surface area contributed by atoms with E-state index in [9.17, 15) is 13.6 Å². The Hall–Kier alpha value is -3.29. The number of ether oxygens (including phenoxy) is 1. The van der Waals surface area contributed by atoms with Gasteiger partial charge >= 0.3 is 0 Å². The number of nitrogens with zero attached hydrogens (tertiary/aromatic N) is 3. The Morgan fingerprint density at radius 1 is 1.21 bits per heavy atom. The Bertz CT molecular complexity index is 1170. The number of H-pyrrole nitrogens is 1. The van der Waals surface area contributed by atoms with Gasteiger partial charge < -0.3 is 9.30 Å². The molecule has 1 aromatic carbocycles. The number of rotatable bonds is 3. The quantitative estimate of drug-likeness (QED) is 0.755. The van der Waals surface area contributed by atoms with Gasteiger partial charge in [-0.25, -0.2) is 14.4 Å². The van der Waals surface area contributed by atoms with E-state index in [2.05, 4.69) is 15.0 Å². The molecule has 6 nitrogen and oxygen atoms in total. The smallest absolute Gasteiger partial charge is 0.288 e. The highest BCUT2D eigenvalue weighted by Gasteiger charge is 2.28. The second kappa shape index (κ2) is 7.03. The lowest BCUT2D eigenvalue weighted by atomic mass is 10.0. The van der Waals surface area contributed by atoms with Gasteiger partial charge in [-0.15, -0.1) is 0 Å². The van der Waals surface area contributed by atoms with Crippen LogP contribution in [-0.2, 0) is 6.42 Å². The molecule has 0 fully saturated rings. The molecular formula is C20H18F2N4O2. The third kappa shape index (κ3) is 3.11. The van der Waals surface area contributed by atoms with Crippen molar-refractivity contribution in [3.05, 3.63) is 81.0 Å². The molecular weight excluding hydrogens is 366 g/mol. The van der Waals surface area contributed by atoms with Crippen LogP contribution in [0.15, 0.2) is 46.2 Å². The number of methoxy groups -OCH3 is 1. The second-order valence-corrected chi connectivity index (χ2v) is 6.58. The fraction of sp³-hybridized carbons (Fsp3) is 0.250. The summed E-state index contributed by atoms with van der Waals surface area (Å²) in [5.41, 5.74) is 1.65. The van der Waals surface area contributed by atoms with Crippen LogP contribution < -0.4 is 15.9 Å². The number of nitrogens with one attached hydrogen (secondary N) is 1. The van der Waals surface area contributed by atoms with Crippen LogP contribution in [0.3, 0.4) is 0 Å². The second-order valence-electron chi connectivity index (χ2n) is 6.58. The van der Waals surface area contributed by atoms with Crippen molar-refractivity contribution in [1.82, 2.24) is 14.5 Å². The van der Waals surface area contributed by atoms with E-state index in [1.165, 1.54) is 19.2 Å². The van der Waals surface area contributed by atoms with Gasteiger partial charge in [-0.05, 0) is 43.5 Å². The molecule has 0 aliphatic carbocycles. The summed E-state index contributed by atoms with van der Waals surface area (Å²) in [6.07, 6.45) is 0.975. The van der Waals surface area contributed by atoms with Crippen LogP contribution in [0.2, 0.25) is 0 Å². The van der Waals surface area contributed by atoms with E-state index in [1.807, 2.05) is 0 Å². The summed E-state index contributed by atoms with van der Waals surface area (Å²) in [6.45, 7) is 1.77. The van der Waals surface area contributed by atoms with Crippen molar-refractivity contribution in [2.45, 2.75) is 25.8 Å². The van der Waals surface area contributed by atoms with Gasteiger partial charge in [0, 0.05) is 6.07 Å². The molecule has 28 heavy (non-hydrogen) atoms. The van der Waals surface area contributed by atoms with Crippen LogP contribution >= 0.6 is 0 Å². The number of aromatic amines is 1. The minimum atomic E-state index is -0.816. The highest BCUT2D eigenvalue weighted by atomic mass is 19.1. The fourth-order valence-corrected chi connectivity index (χ4v) is 3.51. The standard InChI is InChI=1S/C20H18F2N4O2/c1-11-14(7-10-17(23-11)28-2)24-20-25-19(27)18(22)16-9-8-15(26(16)20)12-3-5-13(21)6-4-12/h3-7,10,15H,8-9H2,1-2H3,(H,24,25,27). The molecule has 4 rings (SSSR count). The SMILES string of the molecule is COc1ccc(/N=c2\[nH]c(=O)c(F)c3n2C(c2ccc(F)cc2)CC3)c(C)n1. The summed E-state index contributed by atoms with van der Waals surface area (Å²) in [6, 6.07) is 9.18. The number of halogens is 2. The zero-order chi connectivity index (χ0) is 19.8. The normalized spacial score (nSPS) is 16.3. The number of pyridine rings is 1. The van der Waals surface area contributed by atoms with Gasteiger partial charge in [0.05, 0.1) is 30.2 Å². The van der Waals surface area contributed by atoms with E-state index in [0.29, 0.717) is 30.1 Å². The average Bonchev–Trinajstić information content (AvgIpc) is 3.13. The van der Waals surface area contributed by atoms with E-state index >= 15 is 0 Å². The Balaban J connectivity index is 1.92. The lowest BCUT2D eigenvalue weighted by molar-refractivity contribution is 0.397. The van der Waals surface area contributed by atoms with Crippen molar-refractivity contribution in [2.24, 2.45) is 4.99 Å². The van der Waals surface area contributed by atoms with E-state index < -0.39 is 11.4 Å². The molecule has 144 valence electrons. The van der Waals surface area contributed by atoms with Crippen LogP contribution in [0.5, 0.6) is 5.88 Å². The van der Waals surface area contributed by atoms with Crippen LogP contribution in [0, 0.1) is 18.6 Å². The summed E-state index contributed by atoms with van der Waals surface area (Å²) in [5, 5.41) is 0. The predicted molar refractivity (Wildman–Crippen MR) is 98.6 cm³/mol. The number of aryl methyl sites for hydroxylation is 1. The summed E-state index contributed by atoms with van der Waals surface area (Å²) in [4.78, 5) is 23.4. The van der Waals surface area contributed by atoms with Crippen LogP contribution in [-0.4, -0.2) is 21.6 Å². The summed E-state index contributed by atoms with van der Waals surface area (Å²) < 4.78 is 34.5. The maximum atomic E-state index is 14.5. The van der Waals surface area contributed by atoms with Gasteiger partial charge in [0.2, 0.25) is 17.3 Å². The molecule has 0 amide bonds. The molecule has 3 aromatic rings. The molecule has 1 aliphatic rings. The molecule has 0 bridgehead atoms. The lowest BCUT2D eigenvalue weighted by Gasteiger charge is -2.16. The van der Waals surface area contributed by atoms with Gasteiger partial charge in [0.15, 0.2) is 0 Å². The zero-order valence-electron chi connectivity index (χ0n) is 15.4. The molecule has 3 heterocycles. The summed E-state index contributed by atoms with van der Waals surface area (Å²) in [5.74, 6) is -0.705. The Morgan fingerprint density at radius 2 is 1.96 bits per heavy atom. The van der Waals surface area contributed by atoms with E-state index in [4.69, 9.17) is 4.74 Å². The molecule has 0 saturated heterocycles. The lowest BCUT2D eigenvalue weighted by Crippen LogP contribution is -2.35. The largest absolute Gasteiger partial charge is 0.481 e. The molecule has 0 saturated carbocycles. The summed E-state index contributed by atoms with van der Waals surface area (Å²) in [7, 11) is 1.52. The van der Waals surface area contributed by atoms with Crippen molar-refractivity contribution < 1.29 is 13.5 Å².